The van der Waals surface area contributed by atoms with E-state index in [1.807, 2.05) is 30.5 Å². The van der Waals surface area contributed by atoms with Gasteiger partial charge in [0.25, 0.3) is 21.6 Å². The number of nitrogens with one attached hydrogen (secondary N) is 1. The average Bonchev–Trinajstić information content (AvgIpc) is 2.83. The summed E-state index contributed by atoms with van der Waals surface area (Å²) < 4.78 is 27.3. The number of sulfonamides is 1. The molecule has 0 saturated carbocycles. The van der Waals surface area contributed by atoms with Gasteiger partial charge in [0.05, 0.1) is 21.7 Å². The molecule has 3 aromatic carbocycles. The van der Waals surface area contributed by atoms with Crippen molar-refractivity contribution in [2.24, 2.45) is 5.10 Å². The van der Waals surface area contributed by atoms with Crippen LogP contribution < -0.4 is 9.73 Å². The molecule has 0 heterocycles. The van der Waals surface area contributed by atoms with E-state index in [2.05, 4.69) is 10.5 Å². The molecule has 0 atom stereocenters. The Labute approximate surface area is 195 Å². The minimum Gasteiger partial charge on any atom is -0.271 e. The topological polar surface area (TPSA) is 122 Å². The third-order valence-electron chi connectivity index (χ3n) is 4.49. The molecule has 0 aromatic heterocycles. The third-order valence-corrected chi connectivity index (χ3v) is 7.02. The number of hydrogen-bond donors (Lipinski definition) is 1. The Balaban J connectivity index is 1.82. The molecule has 3 rings (SSSR count). The van der Waals surface area contributed by atoms with Crippen LogP contribution in [-0.4, -0.2) is 38.3 Å². The Morgan fingerprint density at radius 3 is 2.27 bits per heavy atom. The fourth-order valence-corrected chi connectivity index (χ4v) is 4.66. The van der Waals surface area contributed by atoms with Crippen LogP contribution in [0.3, 0.4) is 0 Å². The van der Waals surface area contributed by atoms with Crippen LogP contribution in [0.4, 0.5) is 11.4 Å². The van der Waals surface area contributed by atoms with Crippen LogP contribution in [0.2, 0.25) is 0 Å². The van der Waals surface area contributed by atoms with Crippen molar-refractivity contribution in [3.8, 4) is 0 Å². The second-order valence-corrected chi connectivity index (χ2v) is 9.41. The van der Waals surface area contributed by atoms with Crippen molar-refractivity contribution in [3.63, 3.8) is 0 Å². The number of rotatable bonds is 9. The van der Waals surface area contributed by atoms with Crippen LogP contribution >= 0.6 is 11.8 Å². The number of non-ortho nitro benzene ring substituents is 1. The second-order valence-electron chi connectivity index (χ2n) is 6.66. The summed E-state index contributed by atoms with van der Waals surface area (Å²) >= 11 is 1.60. The van der Waals surface area contributed by atoms with Gasteiger partial charge in [-0.3, -0.25) is 19.2 Å². The molecule has 0 saturated heterocycles. The normalized spacial score (nSPS) is 11.3. The van der Waals surface area contributed by atoms with Gasteiger partial charge >= 0.3 is 0 Å². The minimum absolute atomic E-state index is 0.0199. The molecule has 0 aliphatic carbocycles. The highest BCUT2D eigenvalue weighted by atomic mass is 32.2. The first-order valence-electron chi connectivity index (χ1n) is 9.59. The number of benzene rings is 3. The van der Waals surface area contributed by atoms with E-state index in [9.17, 15) is 23.3 Å². The first-order valence-corrected chi connectivity index (χ1v) is 12.3. The van der Waals surface area contributed by atoms with Crippen LogP contribution in [0, 0.1) is 10.1 Å². The molecule has 0 radical (unpaired) electrons. The number of anilines is 1. The molecule has 33 heavy (non-hydrogen) atoms. The van der Waals surface area contributed by atoms with Crippen molar-refractivity contribution in [2.45, 2.75) is 9.79 Å². The van der Waals surface area contributed by atoms with Gasteiger partial charge in [-0.2, -0.15) is 5.10 Å². The monoisotopic (exact) mass is 484 g/mol. The molecule has 0 bridgehead atoms. The molecule has 0 spiro atoms. The Morgan fingerprint density at radius 1 is 1.06 bits per heavy atom. The molecule has 1 N–H and O–H groups in total. The fourth-order valence-electron chi connectivity index (χ4n) is 2.81. The summed E-state index contributed by atoms with van der Waals surface area (Å²) in [6.07, 6.45) is 3.41. The van der Waals surface area contributed by atoms with Gasteiger partial charge in [0.2, 0.25) is 0 Å². The smallest absolute Gasteiger partial charge is 0.269 e. The Morgan fingerprint density at radius 2 is 1.70 bits per heavy atom. The largest absolute Gasteiger partial charge is 0.271 e. The van der Waals surface area contributed by atoms with Crippen molar-refractivity contribution in [2.75, 3.05) is 17.1 Å². The summed E-state index contributed by atoms with van der Waals surface area (Å²) in [5, 5.41) is 14.8. The quantitative estimate of drug-likeness (QED) is 0.214. The van der Waals surface area contributed by atoms with E-state index >= 15 is 0 Å². The van der Waals surface area contributed by atoms with E-state index in [0.717, 1.165) is 14.8 Å². The fraction of sp³-hybridized carbons (Fsp3) is 0.0909. The summed E-state index contributed by atoms with van der Waals surface area (Å²) in [4.78, 5) is 23.9. The molecule has 11 heteroatoms. The molecule has 0 aliphatic rings. The van der Waals surface area contributed by atoms with Gasteiger partial charge in [-0.1, -0.05) is 30.3 Å². The molecule has 0 unspecified atom stereocenters. The third kappa shape index (κ3) is 6.18. The number of hydrogen-bond acceptors (Lipinski definition) is 7. The van der Waals surface area contributed by atoms with E-state index in [0.29, 0.717) is 0 Å². The first kappa shape index (κ1) is 24.0. The molecule has 170 valence electrons. The maximum absolute atomic E-state index is 13.2. The number of carbonyl (C=O) groups excluding carboxylic acids is 1. The van der Waals surface area contributed by atoms with Crippen LogP contribution in [-0.2, 0) is 14.8 Å². The van der Waals surface area contributed by atoms with Gasteiger partial charge in [0.1, 0.15) is 6.54 Å². The zero-order chi connectivity index (χ0) is 23.8. The maximum atomic E-state index is 13.2. The molecule has 3 aromatic rings. The Bertz CT molecular complexity index is 1250. The van der Waals surface area contributed by atoms with E-state index in [1.54, 1.807) is 30.0 Å². The van der Waals surface area contributed by atoms with Crippen molar-refractivity contribution >= 4 is 45.3 Å². The van der Waals surface area contributed by atoms with Crippen molar-refractivity contribution in [3.05, 3.63) is 94.5 Å². The zero-order valence-electron chi connectivity index (χ0n) is 17.5. The lowest BCUT2D eigenvalue weighted by molar-refractivity contribution is -0.384. The van der Waals surface area contributed by atoms with Gasteiger partial charge in [-0.25, -0.2) is 13.8 Å². The lowest BCUT2D eigenvalue weighted by Gasteiger charge is -2.23. The highest BCUT2D eigenvalue weighted by molar-refractivity contribution is 7.98. The van der Waals surface area contributed by atoms with Crippen LogP contribution in [0.1, 0.15) is 5.56 Å². The Kier molecular flexibility index (Phi) is 7.80. The number of amides is 1. The van der Waals surface area contributed by atoms with Crippen molar-refractivity contribution in [1.29, 1.82) is 0 Å². The zero-order valence-corrected chi connectivity index (χ0v) is 19.1. The summed E-state index contributed by atoms with van der Waals surface area (Å²) in [7, 11) is -4.12. The lowest BCUT2D eigenvalue weighted by atomic mass is 10.2. The maximum Gasteiger partial charge on any atom is 0.269 e. The predicted octanol–water partition coefficient (Wildman–Crippen LogP) is 3.66. The SMILES string of the molecule is CSc1ccc(/C=N\NC(=O)CN(c2ccc([N+](=O)[O-])cc2)S(=O)(=O)c2ccccc2)cc1. The molecule has 0 fully saturated rings. The van der Waals surface area contributed by atoms with E-state index in [4.69, 9.17) is 0 Å². The van der Waals surface area contributed by atoms with Gasteiger partial charge in [-0.15, -0.1) is 11.8 Å². The first-order chi connectivity index (χ1) is 15.8. The number of carbonyl (C=O) groups is 1. The molecular formula is C22H20N4O5S2. The Hall–Kier alpha value is -3.70. The summed E-state index contributed by atoms with van der Waals surface area (Å²) in [5.41, 5.74) is 3.00. The predicted molar refractivity (Wildman–Crippen MR) is 128 cm³/mol. The minimum atomic E-state index is -4.12. The number of nitro benzene ring substituents is 1. The molecule has 0 aliphatic heterocycles. The number of thioether (sulfide) groups is 1. The standard InChI is InChI=1S/C22H20N4O5S2/c1-32-20-13-7-17(8-14-20)15-23-24-22(27)16-25(18-9-11-19(12-10-18)26(28)29)33(30,31)21-5-3-2-4-6-21/h2-15H,16H2,1H3,(H,24,27)/b23-15-. The molecule has 9 nitrogen and oxygen atoms in total. The highest BCUT2D eigenvalue weighted by Gasteiger charge is 2.27. The van der Waals surface area contributed by atoms with E-state index in [-0.39, 0.29) is 16.3 Å². The van der Waals surface area contributed by atoms with Crippen molar-refractivity contribution in [1.82, 2.24) is 5.43 Å². The lowest BCUT2D eigenvalue weighted by Crippen LogP contribution is -2.39. The van der Waals surface area contributed by atoms with Gasteiger partial charge < -0.3 is 0 Å². The van der Waals surface area contributed by atoms with E-state index in [1.165, 1.54) is 42.6 Å². The summed E-state index contributed by atoms with van der Waals surface area (Å²) in [5.74, 6) is -0.676. The average molecular weight is 485 g/mol. The van der Waals surface area contributed by atoms with Crippen molar-refractivity contribution < 1.29 is 18.1 Å². The van der Waals surface area contributed by atoms with Crippen LogP contribution in [0.5, 0.6) is 0 Å². The van der Waals surface area contributed by atoms with Gasteiger partial charge in [0, 0.05) is 17.0 Å². The molecular weight excluding hydrogens is 464 g/mol. The summed E-state index contributed by atoms with van der Waals surface area (Å²) in [6, 6.07) is 20.0. The number of hydrazone groups is 1. The van der Waals surface area contributed by atoms with Crippen LogP contribution in [0.15, 0.2) is 93.8 Å². The van der Waals surface area contributed by atoms with E-state index < -0.39 is 27.4 Å². The van der Waals surface area contributed by atoms with Gasteiger partial charge in [0.15, 0.2) is 0 Å². The van der Waals surface area contributed by atoms with Crippen LogP contribution in [0.25, 0.3) is 0 Å². The number of nitro groups is 1. The highest BCUT2D eigenvalue weighted by Crippen LogP contribution is 2.25. The molecule has 1 amide bonds. The van der Waals surface area contributed by atoms with Gasteiger partial charge in [-0.05, 0) is 48.2 Å². The number of nitrogens with zero attached hydrogens (tertiary/aromatic N) is 3. The second kappa shape index (κ2) is 10.7. The summed E-state index contributed by atoms with van der Waals surface area (Å²) in [6.45, 7) is -0.572.